The lowest BCUT2D eigenvalue weighted by Crippen LogP contribution is -2.29. The second-order valence-corrected chi connectivity index (χ2v) is 7.67. The molecule has 1 amide bonds. The van der Waals surface area contributed by atoms with Crippen molar-refractivity contribution in [2.75, 3.05) is 11.9 Å². The zero-order valence-electron chi connectivity index (χ0n) is 16.0. The number of hydrogen-bond acceptors (Lipinski definition) is 3. The maximum Gasteiger partial charge on any atom is 0.253 e. The minimum absolute atomic E-state index is 0.00444. The van der Waals surface area contributed by atoms with Gasteiger partial charge < -0.3 is 10.6 Å². The van der Waals surface area contributed by atoms with Crippen molar-refractivity contribution in [2.24, 2.45) is 5.92 Å². The Kier molecular flexibility index (Phi) is 5.92. The second-order valence-electron chi connectivity index (χ2n) is 7.67. The van der Waals surface area contributed by atoms with Gasteiger partial charge in [-0.3, -0.25) is 4.79 Å². The normalized spacial score (nSPS) is 14.6. The summed E-state index contributed by atoms with van der Waals surface area (Å²) < 4.78 is 0. The van der Waals surface area contributed by atoms with E-state index in [0.717, 1.165) is 23.6 Å². The Morgan fingerprint density at radius 2 is 2.00 bits per heavy atom. The van der Waals surface area contributed by atoms with E-state index >= 15 is 0 Å². The molecule has 0 aliphatic heterocycles. The van der Waals surface area contributed by atoms with Gasteiger partial charge in [-0.05, 0) is 60.9 Å². The Hall–Kier alpha value is -2.36. The molecule has 0 atom stereocenters. The van der Waals surface area contributed by atoms with Crippen molar-refractivity contribution in [3.8, 4) is 0 Å². The van der Waals surface area contributed by atoms with Crippen LogP contribution in [0.4, 0.5) is 11.5 Å². The van der Waals surface area contributed by atoms with E-state index in [1.807, 2.05) is 18.2 Å². The van der Waals surface area contributed by atoms with Crippen LogP contribution in [-0.4, -0.2) is 17.4 Å². The molecule has 2 aromatic rings. The largest absolute Gasteiger partial charge is 0.352 e. The van der Waals surface area contributed by atoms with Crippen molar-refractivity contribution >= 4 is 17.4 Å². The van der Waals surface area contributed by atoms with Gasteiger partial charge in [-0.2, -0.15) is 0 Å². The Balaban J connectivity index is 1.74. The van der Waals surface area contributed by atoms with E-state index in [0.29, 0.717) is 11.5 Å². The van der Waals surface area contributed by atoms with E-state index < -0.39 is 0 Å². The summed E-state index contributed by atoms with van der Waals surface area (Å²) in [6.45, 7) is 7.06. The van der Waals surface area contributed by atoms with E-state index in [1.165, 1.54) is 31.2 Å². The average molecular weight is 351 g/mol. The Morgan fingerprint density at radius 1 is 1.23 bits per heavy atom. The first-order valence-corrected chi connectivity index (χ1v) is 9.64. The van der Waals surface area contributed by atoms with Gasteiger partial charge in [0, 0.05) is 18.4 Å². The molecule has 0 saturated heterocycles. The molecule has 2 N–H and O–H groups in total. The van der Waals surface area contributed by atoms with E-state index in [-0.39, 0.29) is 11.8 Å². The molecular formula is C22H29N3O. The maximum atomic E-state index is 12.7. The number of carbonyl (C=O) groups excluding carboxylic acids is 1. The molecule has 3 rings (SSSR count). The summed E-state index contributed by atoms with van der Waals surface area (Å²) >= 11 is 0. The summed E-state index contributed by atoms with van der Waals surface area (Å²) in [5, 5.41) is 6.45. The van der Waals surface area contributed by atoms with Crippen LogP contribution in [0.15, 0.2) is 36.5 Å². The van der Waals surface area contributed by atoms with Crippen molar-refractivity contribution in [1.29, 1.82) is 0 Å². The number of benzene rings is 1. The lowest BCUT2D eigenvalue weighted by Gasteiger charge is -2.16. The molecular weight excluding hydrogens is 322 g/mol. The van der Waals surface area contributed by atoms with Crippen LogP contribution >= 0.6 is 0 Å². The zero-order valence-corrected chi connectivity index (χ0v) is 16.0. The lowest BCUT2D eigenvalue weighted by atomic mass is 9.98. The highest BCUT2D eigenvalue weighted by atomic mass is 16.1. The van der Waals surface area contributed by atoms with Gasteiger partial charge in [0.05, 0.1) is 5.56 Å². The molecule has 1 fully saturated rings. The molecule has 0 spiro atoms. The number of anilines is 2. The van der Waals surface area contributed by atoms with Gasteiger partial charge in [0.2, 0.25) is 0 Å². The summed E-state index contributed by atoms with van der Waals surface area (Å²) in [6.07, 6.45) is 6.75. The fourth-order valence-electron chi connectivity index (χ4n) is 3.62. The molecule has 26 heavy (non-hydrogen) atoms. The van der Waals surface area contributed by atoms with E-state index in [9.17, 15) is 4.79 Å². The van der Waals surface area contributed by atoms with Gasteiger partial charge >= 0.3 is 0 Å². The van der Waals surface area contributed by atoms with Crippen LogP contribution in [0, 0.1) is 12.8 Å². The van der Waals surface area contributed by atoms with Crippen LogP contribution in [0.1, 0.15) is 66.9 Å². The zero-order chi connectivity index (χ0) is 18.5. The summed E-state index contributed by atoms with van der Waals surface area (Å²) in [6, 6.07) is 10.2. The van der Waals surface area contributed by atoms with Crippen molar-refractivity contribution in [3.63, 3.8) is 0 Å². The third kappa shape index (κ3) is 4.63. The van der Waals surface area contributed by atoms with Crippen LogP contribution in [0.3, 0.4) is 0 Å². The minimum atomic E-state index is -0.00444. The molecule has 138 valence electrons. The van der Waals surface area contributed by atoms with Gasteiger partial charge in [0.25, 0.3) is 5.91 Å². The van der Waals surface area contributed by atoms with Gasteiger partial charge in [-0.1, -0.05) is 38.8 Å². The Morgan fingerprint density at radius 3 is 2.69 bits per heavy atom. The molecule has 1 aromatic heterocycles. The molecule has 4 nitrogen and oxygen atoms in total. The maximum absolute atomic E-state index is 12.7. The summed E-state index contributed by atoms with van der Waals surface area (Å²) in [7, 11) is 0. The number of nitrogens with zero attached hydrogens (tertiary/aromatic N) is 1. The van der Waals surface area contributed by atoms with Crippen molar-refractivity contribution in [3.05, 3.63) is 53.2 Å². The smallest absolute Gasteiger partial charge is 0.253 e. The van der Waals surface area contributed by atoms with E-state index in [4.69, 9.17) is 0 Å². The molecule has 1 saturated carbocycles. The fraction of sp³-hybridized carbons (Fsp3) is 0.455. The number of aromatic nitrogens is 1. The van der Waals surface area contributed by atoms with Gasteiger partial charge in [-0.25, -0.2) is 4.98 Å². The predicted molar refractivity (Wildman–Crippen MR) is 107 cm³/mol. The highest BCUT2D eigenvalue weighted by Crippen LogP contribution is 2.26. The standard InChI is InChI=1S/C22H29N3O/c1-15(2)19-12-21(25-18-10-6-7-16(3)11-18)23-14-20(19)22(26)24-13-17-8-4-5-9-17/h6-7,10-12,14-15,17H,4-5,8-9,13H2,1-3H3,(H,23,25)(H,24,26). The Bertz CT molecular complexity index is 764. The van der Waals surface area contributed by atoms with Gasteiger partial charge in [-0.15, -0.1) is 0 Å². The van der Waals surface area contributed by atoms with Crippen molar-refractivity contribution < 1.29 is 4.79 Å². The molecule has 4 heteroatoms. The summed E-state index contributed by atoms with van der Waals surface area (Å²) in [4.78, 5) is 17.1. The topological polar surface area (TPSA) is 54.0 Å². The number of pyridine rings is 1. The number of amides is 1. The van der Waals surface area contributed by atoms with Crippen molar-refractivity contribution in [2.45, 2.75) is 52.4 Å². The number of carbonyl (C=O) groups is 1. The number of nitrogens with one attached hydrogen (secondary N) is 2. The average Bonchev–Trinajstić information content (AvgIpc) is 3.13. The molecule has 1 aromatic carbocycles. The molecule has 0 radical (unpaired) electrons. The molecule has 1 aliphatic rings. The van der Waals surface area contributed by atoms with Crippen LogP contribution < -0.4 is 10.6 Å². The molecule has 0 unspecified atom stereocenters. The first-order valence-electron chi connectivity index (χ1n) is 9.64. The number of hydrogen-bond donors (Lipinski definition) is 2. The van der Waals surface area contributed by atoms with Crippen LogP contribution in [-0.2, 0) is 0 Å². The monoisotopic (exact) mass is 351 g/mol. The van der Waals surface area contributed by atoms with Gasteiger partial charge in [0.15, 0.2) is 0 Å². The highest BCUT2D eigenvalue weighted by Gasteiger charge is 2.19. The van der Waals surface area contributed by atoms with Crippen LogP contribution in [0.25, 0.3) is 0 Å². The highest BCUT2D eigenvalue weighted by molar-refractivity contribution is 5.95. The summed E-state index contributed by atoms with van der Waals surface area (Å²) in [5.74, 6) is 1.65. The first-order chi connectivity index (χ1) is 12.5. The van der Waals surface area contributed by atoms with Gasteiger partial charge in [0.1, 0.15) is 5.82 Å². The van der Waals surface area contributed by atoms with Crippen LogP contribution in [0.2, 0.25) is 0 Å². The van der Waals surface area contributed by atoms with Crippen LogP contribution in [0.5, 0.6) is 0 Å². The predicted octanol–water partition coefficient (Wildman–Crippen LogP) is 5.18. The quantitative estimate of drug-likeness (QED) is 0.754. The Labute approximate surface area is 156 Å². The van der Waals surface area contributed by atoms with E-state index in [1.54, 1.807) is 6.20 Å². The fourth-order valence-corrected chi connectivity index (χ4v) is 3.62. The molecule has 0 bridgehead atoms. The third-order valence-corrected chi connectivity index (χ3v) is 5.12. The third-order valence-electron chi connectivity index (χ3n) is 5.12. The molecule has 1 aliphatic carbocycles. The lowest BCUT2D eigenvalue weighted by molar-refractivity contribution is 0.0945. The summed E-state index contributed by atoms with van der Waals surface area (Å²) in [5.41, 5.74) is 3.92. The second kappa shape index (κ2) is 8.35. The van der Waals surface area contributed by atoms with Crippen molar-refractivity contribution in [1.82, 2.24) is 10.3 Å². The van der Waals surface area contributed by atoms with E-state index in [2.05, 4.69) is 48.5 Å². The first kappa shape index (κ1) is 18.4. The number of aryl methyl sites for hydroxylation is 1. The number of rotatable bonds is 6. The SMILES string of the molecule is Cc1cccc(Nc2cc(C(C)C)c(C(=O)NCC3CCCC3)cn2)c1. The molecule has 1 heterocycles. The minimum Gasteiger partial charge on any atom is -0.352 e.